The van der Waals surface area contributed by atoms with Crippen molar-refractivity contribution in [2.45, 2.75) is 18.2 Å². The van der Waals surface area contributed by atoms with Crippen LogP contribution >= 0.6 is 0 Å². The summed E-state index contributed by atoms with van der Waals surface area (Å²) >= 11 is 0. The third-order valence-corrected chi connectivity index (χ3v) is 3.74. The fourth-order valence-electron chi connectivity index (χ4n) is 2.45. The zero-order valence-corrected chi connectivity index (χ0v) is 12.7. The lowest BCUT2D eigenvalue weighted by atomic mass is 9.77. The molecule has 0 bridgehead atoms. The van der Waals surface area contributed by atoms with Gasteiger partial charge in [0.1, 0.15) is 11.5 Å². The second-order valence-corrected chi connectivity index (χ2v) is 5.12. The third kappa shape index (κ3) is 2.81. The monoisotopic (exact) mass is 342 g/mol. The minimum absolute atomic E-state index is 0.0835. The standard InChI is InChI=1S/C16H13F3O5/c1-23-13-4-3-9(6-14(13)24-2)10-5-12(21)11(8-20)15(22,7-10)16(17,18)19/h3-6,22H,7H2,1-2H3. The summed E-state index contributed by atoms with van der Waals surface area (Å²) in [6.45, 7) is 0. The Morgan fingerprint density at radius 1 is 1.21 bits per heavy atom. The maximum atomic E-state index is 13.2. The molecule has 0 aliphatic heterocycles. The molecule has 0 radical (unpaired) electrons. The molecule has 0 fully saturated rings. The molecule has 2 rings (SSSR count). The Morgan fingerprint density at radius 3 is 2.33 bits per heavy atom. The largest absolute Gasteiger partial charge is 0.493 e. The summed E-state index contributed by atoms with van der Waals surface area (Å²) in [6, 6.07) is 4.26. The zero-order valence-electron chi connectivity index (χ0n) is 12.7. The number of hydrogen-bond donors (Lipinski definition) is 1. The first-order valence-electron chi connectivity index (χ1n) is 6.70. The molecular weight excluding hydrogens is 329 g/mol. The summed E-state index contributed by atoms with van der Waals surface area (Å²) in [4.78, 5) is 22.6. The molecule has 1 aliphatic rings. The van der Waals surface area contributed by atoms with Crippen molar-refractivity contribution in [3.05, 3.63) is 35.4 Å². The first-order chi connectivity index (χ1) is 11.2. The van der Waals surface area contributed by atoms with E-state index in [1.165, 1.54) is 32.4 Å². The van der Waals surface area contributed by atoms with Gasteiger partial charge < -0.3 is 14.6 Å². The van der Waals surface area contributed by atoms with Gasteiger partial charge >= 0.3 is 6.18 Å². The van der Waals surface area contributed by atoms with E-state index in [1.54, 1.807) is 0 Å². The molecule has 1 atom stereocenters. The Kier molecular flexibility index (Phi) is 4.55. The predicted octanol–water partition coefficient (Wildman–Crippen LogP) is 2.11. The number of hydrogen-bond acceptors (Lipinski definition) is 5. The van der Waals surface area contributed by atoms with Crippen LogP contribution in [0.25, 0.3) is 5.57 Å². The lowest BCUT2D eigenvalue weighted by Crippen LogP contribution is -2.50. The summed E-state index contributed by atoms with van der Waals surface area (Å²) in [6.07, 6.45) is -5.31. The van der Waals surface area contributed by atoms with E-state index in [0.717, 1.165) is 12.0 Å². The number of ether oxygens (including phenoxy) is 2. The number of rotatable bonds is 3. The van der Waals surface area contributed by atoms with E-state index in [2.05, 4.69) is 0 Å². The maximum Gasteiger partial charge on any atom is 0.422 e. The van der Waals surface area contributed by atoms with Gasteiger partial charge in [0.15, 0.2) is 17.3 Å². The maximum absolute atomic E-state index is 13.2. The van der Waals surface area contributed by atoms with Gasteiger partial charge in [-0.3, -0.25) is 4.79 Å². The average molecular weight is 342 g/mol. The SMILES string of the molecule is COc1ccc(C2=CC(=O)C(=C=O)C(O)(C(F)(F)F)C2)cc1OC. The van der Waals surface area contributed by atoms with Crippen molar-refractivity contribution in [1.29, 1.82) is 0 Å². The van der Waals surface area contributed by atoms with Crippen LogP contribution in [-0.2, 0) is 9.59 Å². The lowest BCUT2D eigenvalue weighted by Gasteiger charge is -2.33. The molecule has 5 nitrogen and oxygen atoms in total. The number of aliphatic hydroxyl groups is 1. The van der Waals surface area contributed by atoms with Crippen LogP contribution in [0, 0.1) is 0 Å². The van der Waals surface area contributed by atoms with Crippen molar-refractivity contribution in [2.75, 3.05) is 14.2 Å². The molecular formula is C16H13F3O5. The van der Waals surface area contributed by atoms with Gasteiger partial charge in [-0.15, -0.1) is 0 Å². The Morgan fingerprint density at radius 2 is 1.83 bits per heavy atom. The number of benzene rings is 1. The van der Waals surface area contributed by atoms with Crippen molar-refractivity contribution in [3.8, 4) is 11.5 Å². The first kappa shape index (κ1) is 17.8. The molecule has 0 saturated heterocycles. The van der Waals surface area contributed by atoms with Crippen molar-refractivity contribution in [3.63, 3.8) is 0 Å². The van der Waals surface area contributed by atoms with Crippen LogP contribution in [0.15, 0.2) is 29.8 Å². The summed E-state index contributed by atoms with van der Waals surface area (Å²) in [5, 5.41) is 9.95. The van der Waals surface area contributed by atoms with Gasteiger partial charge in [0, 0.05) is 6.42 Å². The van der Waals surface area contributed by atoms with Gasteiger partial charge in [0.05, 0.1) is 14.2 Å². The molecule has 1 aliphatic carbocycles. The number of carbonyl (C=O) groups is 1. The van der Waals surface area contributed by atoms with E-state index in [0.29, 0.717) is 5.75 Å². The molecule has 24 heavy (non-hydrogen) atoms. The second-order valence-electron chi connectivity index (χ2n) is 5.12. The molecule has 0 heterocycles. The molecule has 1 unspecified atom stereocenters. The number of carbonyl (C=O) groups excluding carboxylic acids is 2. The lowest BCUT2D eigenvalue weighted by molar-refractivity contribution is -0.241. The Balaban J connectivity index is 2.57. The van der Waals surface area contributed by atoms with E-state index in [-0.39, 0.29) is 16.9 Å². The molecule has 128 valence electrons. The molecule has 0 aromatic heterocycles. The number of methoxy groups -OCH3 is 2. The number of halogens is 3. The Hall–Kier alpha value is -2.57. The number of allylic oxidation sites excluding steroid dienone is 1. The van der Waals surface area contributed by atoms with Gasteiger partial charge in [0.2, 0.25) is 5.60 Å². The predicted molar refractivity (Wildman–Crippen MR) is 77.4 cm³/mol. The molecule has 0 saturated carbocycles. The molecule has 1 N–H and O–H groups in total. The van der Waals surface area contributed by atoms with E-state index in [1.807, 2.05) is 0 Å². The van der Waals surface area contributed by atoms with Gasteiger partial charge in [-0.2, -0.15) is 13.2 Å². The third-order valence-electron chi connectivity index (χ3n) is 3.74. The molecule has 1 aromatic carbocycles. The summed E-state index contributed by atoms with van der Waals surface area (Å²) in [5.41, 5.74) is -4.78. The van der Waals surface area contributed by atoms with Gasteiger partial charge in [0.25, 0.3) is 0 Å². The number of alkyl halides is 3. The van der Waals surface area contributed by atoms with Crippen LogP contribution in [0.1, 0.15) is 12.0 Å². The van der Waals surface area contributed by atoms with E-state index in [4.69, 9.17) is 9.47 Å². The second kappa shape index (κ2) is 6.14. The zero-order chi connectivity index (χ0) is 18.1. The van der Waals surface area contributed by atoms with Crippen molar-refractivity contribution in [1.82, 2.24) is 0 Å². The quantitative estimate of drug-likeness (QED) is 0.673. The van der Waals surface area contributed by atoms with Crippen molar-refractivity contribution < 1.29 is 37.3 Å². The summed E-state index contributed by atoms with van der Waals surface area (Å²) in [5.74, 6) is 0.283. The molecule has 0 spiro atoms. The fourth-order valence-corrected chi connectivity index (χ4v) is 2.45. The fraction of sp³-hybridized carbons (Fsp3) is 0.312. The first-order valence-corrected chi connectivity index (χ1v) is 6.70. The number of ketones is 1. The molecule has 0 amide bonds. The highest BCUT2D eigenvalue weighted by molar-refractivity contribution is 6.16. The normalized spacial score (nSPS) is 21.2. The highest BCUT2D eigenvalue weighted by atomic mass is 19.4. The minimum Gasteiger partial charge on any atom is -0.493 e. The van der Waals surface area contributed by atoms with Crippen molar-refractivity contribution in [2.24, 2.45) is 0 Å². The Labute approximate surface area is 135 Å². The highest BCUT2D eigenvalue weighted by Crippen LogP contribution is 2.45. The van der Waals surface area contributed by atoms with Crippen LogP contribution in [0.4, 0.5) is 13.2 Å². The highest BCUT2D eigenvalue weighted by Gasteiger charge is 2.60. The topological polar surface area (TPSA) is 72.8 Å². The van der Waals surface area contributed by atoms with E-state index >= 15 is 0 Å². The summed E-state index contributed by atoms with van der Waals surface area (Å²) in [7, 11) is 2.74. The van der Waals surface area contributed by atoms with Crippen LogP contribution in [-0.4, -0.2) is 42.8 Å². The molecule has 8 heteroatoms. The van der Waals surface area contributed by atoms with Crippen molar-refractivity contribution >= 4 is 17.3 Å². The molecule has 1 aromatic rings. The van der Waals surface area contributed by atoms with Gasteiger partial charge in [-0.25, -0.2) is 4.79 Å². The van der Waals surface area contributed by atoms with Gasteiger partial charge in [-0.1, -0.05) is 6.07 Å². The van der Waals surface area contributed by atoms with E-state index < -0.39 is 29.6 Å². The van der Waals surface area contributed by atoms with Crippen LogP contribution in [0.2, 0.25) is 0 Å². The smallest absolute Gasteiger partial charge is 0.422 e. The van der Waals surface area contributed by atoms with Crippen LogP contribution in [0.5, 0.6) is 11.5 Å². The van der Waals surface area contributed by atoms with Crippen LogP contribution < -0.4 is 9.47 Å². The van der Waals surface area contributed by atoms with Gasteiger partial charge in [-0.05, 0) is 29.3 Å². The van der Waals surface area contributed by atoms with E-state index in [9.17, 15) is 27.9 Å². The minimum atomic E-state index is -5.20. The average Bonchev–Trinajstić information content (AvgIpc) is 2.52. The summed E-state index contributed by atoms with van der Waals surface area (Å²) < 4.78 is 49.7. The Bertz CT molecular complexity index is 759. The van der Waals surface area contributed by atoms with Crippen LogP contribution in [0.3, 0.4) is 0 Å².